The van der Waals surface area contributed by atoms with Crippen molar-refractivity contribution in [3.05, 3.63) is 80.3 Å². The summed E-state index contributed by atoms with van der Waals surface area (Å²) < 4.78 is 26.3. The van der Waals surface area contributed by atoms with E-state index < -0.39 is 19.0 Å². The average Bonchev–Trinajstić information content (AvgIpc) is 2.96. The van der Waals surface area contributed by atoms with Crippen LogP contribution in [0.15, 0.2) is 56.8 Å². The second kappa shape index (κ2) is 10.7. The highest BCUT2D eigenvalue weighted by molar-refractivity contribution is 6.62. The summed E-state index contributed by atoms with van der Waals surface area (Å²) in [6.07, 6.45) is 3.49. The number of hydrogen-bond donors (Lipinski definition) is 2. The van der Waals surface area contributed by atoms with Gasteiger partial charge in [-0.2, -0.15) is 0 Å². The fourth-order valence-electron chi connectivity index (χ4n) is 5.65. The summed E-state index contributed by atoms with van der Waals surface area (Å²) in [5, 5.41) is 17.8. The van der Waals surface area contributed by atoms with Gasteiger partial charge in [-0.1, -0.05) is 37.6 Å². The lowest BCUT2D eigenvalue weighted by Gasteiger charge is -2.37. The number of hydrogen-bond acceptors (Lipinski definition) is 8. The standard InChI is InChI=1S/C31H31BClFN4O4/c1-17-28(39)23-15-21(34)14-22(29(23)41-30(17)38-11-9-31(3,4)10-12-38)18(2)36-25-7-8-26(33)37-27(25)19-5-6-24-20(13-19)16-35-42-32(24)40/h5-8,13-16,18,36,40H,9-12H2,1-4H3/t18-/m1/s1. The molecule has 11 heteroatoms. The van der Waals surface area contributed by atoms with Crippen molar-refractivity contribution in [3.63, 3.8) is 0 Å². The van der Waals surface area contributed by atoms with E-state index in [0.29, 0.717) is 50.2 Å². The van der Waals surface area contributed by atoms with Crippen LogP contribution in [0.3, 0.4) is 0 Å². The Labute approximate surface area is 248 Å². The molecule has 0 unspecified atom stereocenters. The van der Waals surface area contributed by atoms with Gasteiger partial charge in [0.15, 0.2) is 5.43 Å². The third kappa shape index (κ3) is 5.25. The predicted molar refractivity (Wildman–Crippen MR) is 165 cm³/mol. The highest BCUT2D eigenvalue weighted by atomic mass is 35.5. The van der Waals surface area contributed by atoms with E-state index in [1.807, 2.05) is 19.1 Å². The molecule has 1 fully saturated rings. The van der Waals surface area contributed by atoms with Crippen molar-refractivity contribution in [1.82, 2.24) is 4.98 Å². The maximum atomic E-state index is 14.9. The molecule has 0 amide bonds. The minimum absolute atomic E-state index is 0.210. The number of nitrogens with zero attached hydrogens (tertiary/aromatic N) is 3. The van der Waals surface area contributed by atoms with Crippen LogP contribution in [0.2, 0.25) is 5.15 Å². The summed E-state index contributed by atoms with van der Waals surface area (Å²) in [5.41, 5.74) is 4.55. The van der Waals surface area contributed by atoms with E-state index in [2.05, 4.69) is 34.2 Å². The molecule has 0 aliphatic carbocycles. The van der Waals surface area contributed by atoms with Crippen LogP contribution in [0.4, 0.5) is 16.0 Å². The Kier molecular flexibility index (Phi) is 7.23. The van der Waals surface area contributed by atoms with Crippen molar-refractivity contribution in [1.29, 1.82) is 0 Å². The zero-order valence-electron chi connectivity index (χ0n) is 23.9. The van der Waals surface area contributed by atoms with Gasteiger partial charge in [0.05, 0.1) is 34.6 Å². The van der Waals surface area contributed by atoms with Crippen LogP contribution in [-0.4, -0.2) is 36.4 Å². The van der Waals surface area contributed by atoms with E-state index in [1.165, 1.54) is 18.3 Å². The first-order valence-corrected chi connectivity index (χ1v) is 14.3. The molecule has 1 saturated heterocycles. The molecule has 8 nitrogen and oxygen atoms in total. The molecule has 42 heavy (non-hydrogen) atoms. The van der Waals surface area contributed by atoms with Gasteiger partial charge in [0.2, 0.25) is 5.88 Å². The van der Waals surface area contributed by atoms with Gasteiger partial charge < -0.3 is 24.4 Å². The first-order valence-electron chi connectivity index (χ1n) is 14.0. The third-order valence-corrected chi connectivity index (χ3v) is 8.48. The molecule has 0 spiro atoms. The van der Waals surface area contributed by atoms with Gasteiger partial charge in [-0.15, -0.1) is 5.16 Å². The number of nitrogens with one attached hydrogen (secondary N) is 1. The molecule has 2 aromatic heterocycles. The number of pyridine rings is 1. The molecule has 2 aromatic carbocycles. The molecule has 2 aliphatic heterocycles. The topological polar surface area (TPSA) is 100 Å². The summed E-state index contributed by atoms with van der Waals surface area (Å²) in [5.74, 6) is 0.0216. The highest BCUT2D eigenvalue weighted by Gasteiger charge is 2.29. The Morgan fingerprint density at radius 2 is 1.93 bits per heavy atom. The van der Waals surface area contributed by atoms with Crippen LogP contribution in [0.1, 0.15) is 56.3 Å². The molecule has 0 bridgehead atoms. The molecule has 2 N–H and O–H groups in total. The predicted octanol–water partition coefficient (Wildman–Crippen LogP) is 5.81. The molecule has 4 heterocycles. The second-order valence-corrected chi connectivity index (χ2v) is 12.2. The van der Waals surface area contributed by atoms with E-state index in [4.69, 9.17) is 20.8 Å². The van der Waals surface area contributed by atoms with Crippen molar-refractivity contribution in [2.75, 3.05) is 23.3 Å². The quantitative estimate of drug-likeness (QED) is 0.224. The monoisotopic (exact) mass is 588 g/mol. The zero-order valence-corrected chi connectivity index (χ0v) is 24.6. The molecule has 4 aromatic rings. The van der Waals surface area contributed by atoms with Gasteiger partial charge in [-0.05, 0) is 68.0 Å². The summed E-state index contributed by atoms with van der Waals surface area (Å²) in [6.45, 7) is 9.67. The van der Waals surface area contributed by atoms with Crippen LogP contribution in [0.5, 0.6) is 0 Å². The van der Waals surface area contributed by atoms with Gasteiger partial charge in [0.1, 0.15) is 16.6 Å². The molecule has 0 saturated carbocycles. The molecule has 2 aliphatic rings. The summed E-state index contributed by atoms with van der Waals surface area (Å²) >= 11 is 6.30. The first kappa shape index (κ1) is 28.2. The normalized spacial score (nSPS) is 16.7. The minimum atomic E-state index is -1.15. The van der Waals surface area contributed by atoms with E-state index in [-0.39, 0.29) is 16.2 Å². The Morgan fingerprint density at radius 1 is 1.17 bits per heavy atom. The van der Waals surface area contributed by atoms with E-state index in [9.17, 15) is 14.2 Å². The van der Waals surface area contributed by atoms with Crippen molar-refractivity contribution < 1.29 is 18.6 Å². The number of anilines is 2. The highest BCUT2D eigenvalue weighted by Crippen LogP contribution is 2.37. The summed E-state index contributed by atoms with van der Waals surface area (Å²) in [4.78, 5) is 20.2. The maximum Gasteiger partial charge on any atom is 0.583 e. The number of aromatic nitrogens is 1. The van der Waals surface area contributed by atoms with Crippen LogP contribution in [-0.2, 0) is 4.76 Å². The lowest BCUT2D eigenvalue weighted by molar-refractivity contribution is 0.274. The number of halogens is 2. The Balaban J connectivity index is 1.40. The minimum Gasteiger partial charge on any atom is -0.440 e. The molecule has 6 rings (SSSR count). The van der Waals surface area contributed by atoms with Crippen LogP contribution >= 0.6 is 11.6 Å². The lowest BCUT2D eigenvalue weighted by Crippen LogP contribution is -2.38. The second-order valence-electron chi connectivity index (χ2n) is 11.8. The van der Waals surface area contributed by atoms with Crippen molar-refractivity contribution in [2.45, 2.75) is 46.6 Å². The number of oxime groups is 1. The largest absolute Gasteiger partial charge is 0.583 e. The number of piperidine rings is 1. The van der Waals surface area contributed by atoms with Gasteiger partial charge in [-0.25, -0.2) is 9.37 Å². The Bertz CT molecular complexity index is 1780. The van der Waals surface area contributed by atoms with Gasteiger partial charge in [-0.3, -0.25) is 4.79 Å². The van der Waals surface area contributed by atoms with Crippen molar-refractivity contribution >= 4 is 52.9 Å². The summed E-state index contributed by atoms with van der Waals surface area (Å²) in [7, 11) is -1.15. The van der Waals surface area contributed by atoms with Crippen LogP contribution in [0.25, 0.3) is 22.2 Å². The molecular weight excluding hydrogens is 558 g/mol. The number of benzene rings is 2. The molecular formula is C31H31BClFN4O4. The lowest BCUT2D eigenvalue weighted by atomic mass is 9.75. The van der Waals surface area contributed by atoms with Gasteiger partial charge in [0.25, 0.3) is 0 Å². The maximum absolute atomic E-state index is 14.9. The van der Waals surface area contributed by atoms with E-state index in [0.717, 1.165) is 31.5 Å². The third-order valence-electron chi connectivity index (χ3n) is 8.27. The summed E-state index contributed by atoms with van der Waals surface area (Å²) in [6, 6.07) is 11.0. The SMILES string of the molecule is Cc1c(N2CCC(C)(C)CC2)oc2c([C@@H](C)Nc3ccc(Cl)nc3-c3ccc4c(c3)C=NOB4O)cc(F)cc2c1=O. The first-order chi connectivity index (χ1) is 20.0. The molecule has 0 radical (unpaired) electrons. The van der Waals surface area contributed by atoms with E-state index in [1.54, 1.807) is 25.1 Å². The molecule has 1 atom stereocenters. The zero-order chi connectivity index (χ0) is 29.8. The van der Waals surface area contributed by atoms with Crippen molar-refractivity contribution in [3.8, 4) is 11.3 Å². The van der Waals surface area contributed by atoms with Crippen LogP contribution in [0, 0.1) is 18.2 Å². The fourth-order valence-corrected chi connectivity index (χ4v) is 5.80. The fraction of sp³-hybridized carbons (Fsp3) is 0.323. The smallest absolute Gasteiger partial charge is 0.440 e. The average molecular weight is 589 g/mol. The van der Waals surface area contributed by atoms with Crippen molar-refractivity contribution in [2.24, 2.45) is 10.6 Å². The Morgan fingerprint density at radius 3 is 2.69 bits per heavy atom. The molecule has 216 valence electrons. The van der Waals surface area contributed by atoms with E-state index >= 15 is 0 Å². The van der Waals surface area contributed by atoms with Gasteiger partial charge >= 0.3 is 7.12 Å². The number of rotatable bonds is 5. The Hall–Kier alpha value is -3.89. The van der Waals surface area contributed by atoms with Crippen LogP contribution < -0.4 is 21.1 Å². The number of fused-ring (bicyclic) bond motifs is 2. The van der Waals surface area contributed by atoms with Gasteiger partial charge in [0, 0.05) is 29.7 Å².